The molecule has 0 aliphatic carbocycles. The van der Waals surface area contributed by atoms with Gasteiger partial charge in [0.25, 0.3) is 0 Å². The monoisotopic (exact) mass is 355 g/mol. The Morgan fingerprint density at radius 3 is 2.38 bits per heavy atom. The molecule has 1 unspecified atom stereocenters. The van der Waals surface area contributed by atoms with Crippen LogP contribution in [0.2, 0.25) is 0 Å². The van der Waals surface area contributed by atoms with E-state index in [0.29, 0.717) is 6.42 Å². The van der Waals surface area contributed by atoms with Gasteiger partial charge in [-0.15, -0.1) is 0 Å². The summed E-state index contributed by atoms with van der Waals surface area (Å²) >= 11 is 0. The molecule has 1 aliphatic rings. The minimum atomic E-state index is -0.519. The van der Waals surface area contributed by atoms with Gasteiger partial charge in [0, 0.05) is 25.7 Å². The summed E-state index contributed by atoms with van der Waals surface area (Å²) in [4.78, 5) is 14.7. The SMILES string of the molecule is NC(Cc1ccccc1)C(=O)NC1CCN(Cc2ccc(F)cc2)CC1. The highest BCUT2D eigenvalue weighted by atomic mass is 19.1. The fourth-order valence-electron chi connectivity index (χ4n) is 3.35. The molecular weight excluding hydrogens is 329 g/mol. The van der Waals surface area contributed by atoms with E-state index in [-0.39, 0.29) is 17.8 Å². The summed E-state index contributed by atoms with van der Waals surface area (Å²) in [7, 11) is 0. The van der Waals surface area contributed by atoms with Crippen LogP contribution in [0.4, 0.5) is 4.39 Å². The number of piperidine rings is 1. The lowest BCUT2D eigenvalue weighted by Gasteiger charge is -2.32. The lowest BCUT2D eigenvalue weighted by molar-refractivity contribution is -0.123. The van der Waals surface area contributed by atoms with Crippen LogP contribution in [0.15, 0.2) is 54.6 Å². The molecule has 138 valence electrons. The van der Waals surface area contributed by atoms with Crippen molar-refractivity contribution >= 4 is 5.91 Å². The minimum Gasteiger partial charge on any atom is -0.352 e. The Kier molecular flexibility index (Phi) is 6.36. The average Bonchev–Trinajstić information content (AvgIpc) is 2.66. The van der Waals surface area contributed by atoms with E-state index in [2.05, 4.69) is 10.2 Å². The maximum Gasteiger partial charge on any atom is 0.237 e. The maximum absolute atomic E-state index is 13.0. The van der Waals surface area contributed by atoms with Crippen molar-refractivity contribution < 1.29 is 9.18 Å². The molecule has 0 radical (unpaired) electrons. The largest absolute Gasteiger partial charge is 0.352 e. The molecule has 26 heavy (non-hydrogen) atoms. The lowest BCUT2D eigenvalue weighted by atomic mass is 10.0. The molecule has 0 bridgehead atoms. The number of hydrogen-bond donors (Lipinski definition) is 2. The minimum absolute atomic E-state index is 0.0779. The molecule has 4 nitrogen and oxygen atoms in total. The van der Waals surface area contributed by atoms with Crippen LogP contribution in [-0.2, 0) is 17.8 Å². The molecule has 1 fully saturated rings. The summed E-state index contributed by atoms with van der Waals surface area (Å²) in [6.45, 7) is 2.64. The Balaban J connectivity index is 1.41. The van der Waals surface area contributed by atoms with Crippen LogP contribution in [0, 0.1) is 5.82 Å². The molecule has 3 rings (SSSR count). The molecule has 0 saturated carbocycles. The van der Waals surface area contributed by atoms with Gasteiger partial charge in [-0.05, 0) is 42.5 Å². The molecule has 1 heterocycles. The summed E-state index contributed by atoms with van der Waals surface area (Å²) in [6.07, 6.45) is 2.37. The average molecular weight is 355 g/mol. The zero-order chi connectivity index (χ0) is 18.4. The molecule has 2 aromatic carbocycles. The fourth-order valence-corrected chi connectivity index (χ4v) is 3.35. The molecule has 0 aromatic heterocycles. The maximum atomic E-state index is 13.0. The van der Waals surface area contributed by atoms with Crippen molar-refractivity contribution in [2.75, 3.05) is 13.1 Å². The van der Waals surface area contributed by atoms with Gasteiger partial charge in [-0.2, -0.15) is 0 Å². The highest BCUT2D eigenvalue weighted by molar-refractivity contribution is 5.82. The highest BCUT2D eigenvalue weighted by Gasteiger charge is 2.23. The Labute approximate surface area is 154 Å². The third-order valence-electron chi connectivity index (χ3n) is 4.89. The Morgan fingerprint density at radius 2 is 1.73 bits per heavy atom. The van der Waals surface area contributed by atoms with Crippen LogP contribution >= 0.6 is 0 Å². The second-order valence-electron chi connectivity index (χ2n) is 6.98. The fraction of sp³-hybridized carbons (Fsp3) is 0.381. The predicted molar refractivity (Wildman–Crippen MR) is 101 cm³/mol. The van der Waals surface area contributed by atoms with Gasteiger partial charge in [0.1, 0.15) is 5.82 Å². The van der Waals surface area contributed by atoms with Crippen molar-refractivity contribution in [3.05, 3.63) is 71.5 Å². The normalized spacial score (nSPS) is 17.0. The zero-order valence-electron chi connectivity index (χ0n) is 14.9. The Hall–Kier alpha value is -2.24. The first-order valence-corrected chi connectivity index (χ1v) is 9.17. The van der Waals surface area contributed by atoms with Crippen LogP contribution in [0.3, 0.4) is 0 Å². The van der Waals surface area contributed by atoms with Crippen molar-refractivity contribution in [1.29, 1.82) is 0 Å². The quantitative estimate of drug-likeness (QED) is 0.837. The number of rotatable bonds is 6. The molecule has 1 amide bonds. The highest BCUT2D eigenvalue weighted by Crippen LogP contribution is 2.14. The number of likely N-dealkylation sites (tertiary alicyclic amines) is 1. The van der Waals surface area contributed by atoms with Gasteiger partial charge in [-0.3, -0.25) is 9.69 Å². The van der Waals surface area contributed by atoms with Crippen molar-refractivity contribution in [3.63, 3.8) is 0 Å². The molecule has 1 aliphatic heterocycles. The van der Waals surface area contributed by atoms with Crippen LogP contribution < -0.4 is 11.1 Å². The summed E-state index contributed by atoms with van der Waals surface area (Å²) in [5.74, 6) is -0.284. The first kappa shape index (κ1) is 18.5. The van der Waals surface area contributed by atoms with E-state index in [1.54, 1.807) is 0 Å². The number of benzene rings is 2. The number of carbonyl (C=O) groups is 1. The predicted octanol–water partition coefficient (Wildman–Crippen LogP) is 2.48. The number of amides is 1. The molecule has 1 atom stereocenters. The van der Waals surface area contributed by atoms with E-state index in [9.17, 15) is 9.18 Å². The van der Waals surface area contributed by atoms with Gasteiger partial charge in [0.2, 0.25) is 5.91 Å². The van der Waals surface area contributed by atoms with Crippen LogP contribution in [0.5, 0.6) is 0 Å². The molecule has 2 aromatic rings. The van der Waals surface area contributed by atoms with Gasteiger partial charge in [-0.1, -0.05) is 42.5 Å². The van der Waals surface area contributed by atoms with Gasteiger partial charge in [0.05, 0.1) is 6.04 Å². The Morgan fingerprint density at radius 1 is 1.08 bits per heavy atom. The van der Waals surface area contributed by atoms with Crippen LogP contribution in [0.25, 0.3) is 0 Å². The zero-order valence-corrected chi connectivity index (χ0v) is 14.9. The number of hydrogen-bond acceptors (Lipinski definition) is 3. The van der Waals surface area contributed by atoms with Gasteiger partial charge < -0.3 is 11.1 Å². The van der Waals surface area contributed by atoms with E-state index < -0.39 is 6.04 Å². The van der Waals surface area contributed by atoms with Crippen LogP contribution in [0.1, 0.15) is 24.0 Å². The van der Waals surface area contributed by atoms with E-state index in [4.69, 9.17) is 5.73 Å². The number of nitrogens with two attached hydrogens (primary N) is 1. The van der Waals surface area contributed by atoms with Gasteiger partial charge >= 0.3 is 0 Å². The number of nitrogens with one attached hydrogen (secondary N) is 1. The molecule has 1 saturated heterocycles. The van der Waals surface area contributed by atoms with E-state index in [1.807, 2.05) is 42.5 Å². The van der Waals surface area contributed by atoms with E-state index in [0.717, 1.165) is 43.6 Å². The van der Waals surface area contributed by atoms with E-state index >= 15 is 0 Å². The summed E-state index contributed by atoms with van der Waals surface area (Å²) in [5.41, 5.74) is 8.24. The number of carbonyl (C=O) groups excluding carboxylic acids is 1. The van der Waals surface area contributed by atoms with Gasteiger partial charge in [-0.25, -0.2) is 4.39 Å². The number of nitrogens with zero attached hydrogens (tertiary/aromatic N) is 1. The third-order valence-corrected chi connectivity index (χ3v) is 4.89. The first-order valence-electron chi connectivity index (χ1n) is 9.17. The van der Waals surface area contributed by atoms with Crippen molar-refractivity contribution in [2.45, 2.75) is 37.9 Å². The molecule has 0 spiro atoms. The molecule has 3 N–H and O–H groups in total. The summed E-state index contributed by atoms with van der Waals surface area (Å²) in [6, 6.07) is 16.1. The third kappa shape index (κ3) is 5.38. The van der Waals surface area contributed by atoms with E-state index in [1.165, 1.54) is 12.1 Å². The first-order chi connectivity index (χ1) is 12.6. The topological polar surface area (TPSA) is 58.4 Å². The van der Waals surface area contributed by atoms with Crippen molar-refractivity contribution in [2.24, 2.45) is 5.73 Å². The standard InChI is InChI=1S/C21H26FN3O/c22-18-8-6-17(7-9-18)15-25-12-10-19(11-13-25)24-21(26)20(23)14-16-4-2-1-3-5-16/h1-9,19-20H,10-15,23H2,(H,24,26). The summed E-state index contributed by atoms with van der Waals surface area (Å²) in [5, 5.41) is 3.09. The Bertz CT molecular complexity index is 697. The second-order valence-corrected chi connectivity index (χ2v) is 6.98. The van der Waals surface area contributed by atoms with Crippen LogP contribution in [-0.4, -0.2) is 36.0 Å². The summed E-state index contributed by atoms with van der Waals surface area (Å²) < 4.78 is 13.0. The molecular formula is C21H26FN3O. The van der Waals surface area contributed by atoms with Gasteiger partial charge in [0.15, 0.2) is 0 Å². The number of halogens is 1. The second kappa shape index (κ2) is 8.92. The lowest BCUT2D eigenvalue weighted by Crippen LogP contribution is -2.50. The smallest absolute Gasteiger partial charge is 0.237 e. The molecule has 5 heteroatoms. The van der Waals surface area contributed by atoms with Crippen molar-refractivity contribution in [3.8, 4) is 0 Å². The van der Waals surface area contributed by atoms with Crippen molar-refractivity contribution in [1.82, 2.24) is 10.2 Å².